The maximum atomic E-state index is 12.3. The van der Waals surface area contributed by atoms with Crippen LogP contribution in [0, 0.1) is 0 Å². The Kier molecular flexibility index (Phi) is 16.6. The van der Waals surface area contributed by atoms with Gasteiger partial charge in [-0.25, -0.2) is 4.79 Å². The molecule has 0 fully saturated rings. The molecule has 250 valence electrons. The van der Waals surface area contributed by atoms with E-state index < -0.39 is 35.4 Å². The van der Waals surface area contributed by atoms with Crippen LogP contribution in [0.3, 0.4) is 0 Å². The molecule has 9 heteroatoms. The summed E-state index contributed by atoms with van der Waals surface area (Å²) in [6, 6.07) is 26.9. The van der Waals surface area contributed by atoms with Crippen LogP contribution in [0.2, 0.25) is 0 Å². The second-order valence-electron chi connectivity index (χ2n) is 10.0. The van der Waals surface area contributed by atoms with Crippen LogP contribution in [-0.4, -0.2) is 50.7 Å². The first kappa shape index (κ1) is 39.6. The SMILES string of the molecule is C/C=C/c1ccc(C(=O)C(=O)c2ccc(/C=C/C(O)O)cc2)cc1.C/C=C/c1ccc(C(=O)C(=O)c2ccc(Br)cc2)cc1.C=CC(=O)O. The number of benzene rings is 4. The number of aliphatic hydroxyl groups excluding tert-OH is 1. The number of aliphatic carboxylic acids is 1. The van der Waals surface area contributed by atoms with Gasteiger partial charge in [-0.05, 0) is 60.9 Å². The highest BCUT2D eigenvalue weighted by atomic mass is 79.9. The highest BCUT2D eigenvalue weighted by Gasteiger charge is 2.19. The molecule has 0 unspecified atom stereocenters. The van der Waals surface area contributed by atoms with E-state index in [1.54, 1.807) is 72.8 Å². The van der Waals surface area contributed by atoms with Gasteiger partial charge in [0.2, 0.25) is 23.1 Å². The Bertz CT molecular complexity index is 1830. The normalized spacial score (nSPS) is 10.7. The van der Waals surface area contributed by atoms with E-state index in [0.29, 0.717) is 27.8 Å². The molecule has 3 N–H and O–H groups in total. The van der Waals surface area contributed by atoms with Crippen LogP contribution in [-0.2, 0) is 4.79 Å². The highest BCUT2D eigenvalue weighted by molar-refractivity contribution is 9.10. The van der Waals surface area contributed by atoms with Crippen molar-refractivity contribution < 1.29 is 39.3 Å². The van der Waals surface area contributed by atoms with Crippen molar-refractivity contribution in [1.29, 1.82) is 0 Å². The molecule has 0 aliphatic rings. The summed E-state index contributed by atoms with van der Waals surface area (Å²) in [5.74, 6) is -3.09. The van der Waals surface area contributed by atoms with Crippen molar-refractivity contribution in [2.45, 2.75) is 20.1 Å². The number of allylic oxidation sites excluding steroid dienone is 2. The summed E-state index contributed by atoms with van der Waals surface area (Å²) >= 11 is 3.30. The van der Waals surface area contributed by atoms with Gasteiger partial charge in [-0.2, -0.15) is 0 Å². The number of ketones is 4. The maximum absolute atomic E-state index is 12.3. The number of carboxylic acid groups (broad SMARTS) is 1. The summed E-state index contributed by atoms with van der Waals surface area (Å²) < 4.78 is 0.872. The number of carboxylic acids is 1. The molecule has 4 rings (SSSR count). The summed E-state index contributed by atoms with van der Waals surface area (Å²) in [6.07, 6.45) is 9.68. The molecule has 0 bridgehead atoms. The standard InChI is InChI=1S/C20H18O4.C17H13BrO2.C3H4O2/c1-2-3-14-4-9-16(10-5-14)19(23)20(24)17-11-6-15(7-12-17)8-13-18(21)22;1-2-3-12-4-6-13(7-5-12)16(19)17(20)14-8-10-15(18)11-9-14;1-2-3(4)5/h2-13,18,21-22H,1H3;2-11H,1H3;2H,1H2,(H,4,5)/b3-2+,13-8+;3-2+;. The lowest BCUT2D eigenvalue weighted by Crippen LogP contribution is -2.14. The Labute approximate surface area is 293 Å². The Morgan fingerprint density at radius 2 is 0.816 bits per heavy atom. The van der Waals surface area contributed by atoms with E-state index in [0.717, 1.165) is 21.7 Å². The average molecular weight is 724 g/mol. The fraction of sp³-hybridized carbons (Fsp3) is 0.0750. The second-order valence-corrected chi connectivity index (χ2v) is 10.9. The van der Waals surface area contributed by atoms with Crippen LogP contribution in [0.5, 0.6) is 0 Å². The zero-order valence-corrected chi connectivity index (χ0v) is 28.4. The fourth-order valence-corrected chi connectivity index (χ4v) is 4.21. The van der Waals surface area contributed by atoms with Crippen molar-refractivity contribution in [3.63, 3.8) is 0 Å². The third-order valence-electron chi connectivity index (χ3n) is 6.39. The maximum Gasteiger partial charge on any atom is 0.327 e. The first-order chi connectivity index (χ1) is 23.4. The molecule has 0 saturated carbocycles. The Morgan fingerprint density at radius 3 is 1.06 bits per heavy atom. The molecule has 4 aromatic carbocycles. The smallest absolute Gasteiger partial charge is 0.327 e. The summed E-state index contributed by atoms with van der Waals surface area (Å²) in [7, 11) is 0. The van der Waals surface area contributed by atoms with Gasteiger partial charge >= 0.3 is 5.97 Å². The van der Waals surface area contributed by atoms with Crippen molar-refractivity contribution in [2.24, 2.45) is 0 Å². The van der Waals surface area contributed by atoms with Crippen LogP contribution >= 0.6 is 15.9 Å². The van der Waals surface area contributed by atoms with E-state index in [-0.39, 0.29) is 0 Å². The third kappa shape index (κ3) is 13.6. The van der Waals surface area contributed by atoms with Crippen molar-refractivity contribution in [1.82, 2.24) is 0 Å². The summed E-state index contributed by atoms with van der Waals surface area (Å²) in [5.41, 5.74) is 4.11. The molecule has 8 nitrogen and oxygen atoms in total. The van der Waals surface area contributed by atoms with Gasteiger partial charge in [-0.1, -0.05) is 126 Å². The molecule has 0 saturated heterocycles. The monoisotopic (exact) mass is 722 g/mol. The van der Waals surface area contributed by atoms with Crippen LogP contribution in [0.4, 0.5) is 0 Å². The predicted molar refractivity (Wildman–Crippen MR) is 195 cm³/mol. The fourth-order valence-electron chi connectivity index (χ4n) is 3.94. The summed E-state index contributed by atoms with van der Waals surface area (Å²) in [6.45, 7) is 6.79. The predicted octanol–water partition coefficient (Wildman–Crippen LogP) is 7.91. The molecule has 49 heavy (non-hydrogen) atoms. The lowest BCUT2D eigenvalue weighted by Gasteiger charge is -2.03. The lowest BCUT2D eigenvalue weighted by atomic mass is 9.99. The van der Waals surface area contributed by atoms with Crippen molar-refractivity contribution in [3.8, 4) is 0 Å². The van der Waals surface area contributed by atoms with Gasteiger partial charge in [-0.3, -0.25) is 19.2 Å². The van der Waals surface area contributed by atoms with Gasteiger partial charge in [0, 0.05) is 32.8 Å². The van der Waals surface area contributed by atoms with Crippen molar-refractivity contribution in [2.75, 3.05) is 0 Å². The first-order valence-electron chi connectivity index (χ1n) is 14.8. The molecule has 0 aromatic heterocycles. The summed E-state index contributed by atoms with van der Waals surface area (Å²) in [4.78, 5) is 58.0. The molecule has 0 radical (unpaired) electrons. The molecule has 0 aliphatic carbocycles. The molecular weight excluding hydrogens is 688 g/mol. The van der Waals surface area contributed by atoms with Gasteiger partial charge in [0.25, 0.3) is 0 Å². The van der Waals surface area contributed by atoms with Crippen LogP contribution in [0.1, 0.15) is 72.0 Å². The lowest BCUT2D eigenvalue weighted by molar-refractivity contribution is -0.131. The number of hydrogen-bond acceptors (Lipinski definition) is 7. The topological polar surface area (TPSA) is 146 Å². The van der Waals surface area contributed by atoms with Crippen molar-refractivity contribution >= 4 is 63.3 Å². The minimum Gasteiger partial charge on any atom is -0.478 e. The number of halogens is 1. The Morgan fingerprint density at radius 1 is 0.551 bits per heavy atom. The van der Waals surface area contributed by atoms with Gasteiger partial charge in [0.15, 0.2) is 6.29 Å². The summed E-state index contributed by atoms with van der Waals surface area (Å²) in [5, 5.41) is 25.2. The minimum absolute atomic E-state index is 0.291. The quantitative estimate of drug-likeness (QED) is 0.0613. The van der Waals surface area contributed by atoms with Crippen LogP contribution in [0.25, 0.3) is 18.2 Å². The van der Waals surface area contributed by atoms with Gasteiger partial charge in [0.1, 0.15) is 0 Å². The first-order valence-corrected chi connectivity index (χ1v) is 15.6. The molecule has 0 heterocycles. The van der Waals surface area contributed by atoms with Crippen LogP contribution in [0.15, 0.2) is 132 Å². The van der Waals surface area contributed by atoms with E-state index in [9.17, 15) is 24.0 Å². The van der Waals surface area contributed by atoms with E-state index in [4.69, 9.17) is 15.3 Å². The van der Waals surface area contributed by atoms with Crippen molar-refractivity contribution in [3.05, 3.63) is 171 Å². The van der Waals surface area contributed by atoms with E-state index in [2.05, 4.69) is 22.5 Å². The number of Topliss-reactive ketones (excluding diaryl/α,β-unsaturated/α-hetero) is 4. The number of carbonyl (C=O) groups is 5. The number of carbonyl (C=O) groups excluding carboxylic acids is 4. The highest BCUT2D eigenvalue weighted by Crippen LogP contribution is 2.15. The molecular formula is C40H35BrO8. The van der Waals surface area contributed by atoms with E-state index in [1.165, 1.54) is 24.3 Å². The molecule has 0 aliphatic heterocycles. The number of hydrogen-bond donors (Lipinski definition) is 3. The zero-order valence-electron chi connectivity index (χ0n) is 26.8. The van der Waals surface area contributed by atoms with Gasteiger partial charge < -0.3 is 15.3 Å². The third-order valence-corrected chi connectivity index (χ3v) is 6.92. The van der Waals surface area contributed by atoms with Gasteiger partial charge in [0.05, 0.1) is 0 Å². The van der Waals surface area contributed by atoms with Crippen LogP contribution < -0.4 is 0 Å². The molecule has 0 spiro atoms. The second kappa shape index (κ2) is 20.6. The largest absolute Gasteiger partial charge is 0.478 e. The van der Waals surface area contributed by atoms with E-state index >= 15 is 0 Å². The number of rotatable bonds is 11. The Hall–Kier alpha value is -5.61. The molecule has 0 amide bonds. The minimum atomic E-state index is -1.53. The van der Waals surface area contributed by atoms with E-state index in [1.807, 2.05) is 50.3 Å². The molecule has 4 aromatic rings. The number of aliphatic hydroxyl groups is 2. The molecule has 0 atom stereocenters. The average Bonchev–Trinajstić information content (AvgIpc) is 3.11. The Balaban J connectivity index is 0.000000303. The zero-order chi connectivity index (χ0) is 36.3. The van der Waals surface area contributed by atoms with Gasteiger partial charge in [-0.15, -0.1) is 0 Å².